The van der Waals surface area contributed by atoms with Crippen LogP contribution in [-0.2, 0) is 4.74 Å². The fourth-order valence-corrected chi connectivity index (χ4v) is 4.79. The number of aryl methyl sites for hydroxylation is 1. The monoisotopic (exact) mass is 424 g/mol. The molecule has 3 saturated heterocycles. The molecule has 0 radical (unpaired) electrons. The molecule has 4 heterocycles. The van der Waals surface area contributed by atoms with Crippen molar-refractivity contribution in [3.63, 3.8) is 0 Å². The van der Waals surface area contributed by atoms with Gasteiger partial charge in [0.25, 0.3) is 0 Å². The van der Waals surface area contributed by atoms with Crippen LogP contribution < -0.4 is 10.1 Å². The molecule has 31 heavy (non-hydrogen) atoms. The van der Waals surface area contributed by atoms with E-state index in [1.807, 2.05) is 45.0 Å². The van der Waals surface area contributed by atoms with Crippen molar-refractivity contribution in [1.29, 1.82) is 0 Å². The average Bonchev–Trinajstić information content (AvgIpc) is 2.77. The van der Waals surface area contributed by atoms with Gasteiger partial charge in [0.2, 0.25) is 0 Å². The van der Waals surface area contributed by atoms with E-state index in [-0.39, 0.29) is 18.2 Å². The summed E-state index contributed by atoms with van der Waals surface area (Å²) < 4.78 is 10.7. The lowest BCUT2D eigenvalue weighted by Crippen LogP contribution is -2.54. The molecule has 1 amide bonds. The highest BCUT2D eigenvalue weighted by Crippen LogP contribution is 2.42. The van der Waals surface area contributed by atoms with Crippen molar-refractivity contribution in [3.05, 3.63) is 41.9 Å². The first-order valence-electron chi connectivity index (χ1n) is 11.1. The molecule has 1 unspecified atom stereocenters. The summed E-state index contributed by atoms with van der Waals surface area (Å²) in [7, 11) is 1.67. The van der Waals surface area contributed by atoms with Gasteiger partial charge in [-0.25, -0.2) is 14.8 Å². The number of nitrogens with zero attached hydrogens (tertiary/aromatic N) is 3. The van der Waals surface area contributed by atoms with Crippen LogP contribution in [0.4, 0.5) is 4.79 Å². The molecule has 0 saturated carbocycles. The molecular weight excluding hydrogens is 392 g/mol. The Bertz CT molecular complexity index is 916. The van der Waals surface area contributed by atoms with Gasteiger partial charge in [-0.05, 0) is 76.4 Å². The molecule has 5 rings (SSSR count). The van der Waals surface area contributed by atoms with Crippen LogP contribution in [0.15, 0.2) is 30.3 Å². The minimum Gasteiger partial charge on any atom is -0.497 e. The maximum Gasteiger partial charge on any atom is 0.407 e. The minimum atomic E-state index is -0.329. The number of aromatic nitrogens is 2. The molecular formula is C24H32N4O3. The van der Waals surface area contributed by atoms with E-state index < -0.39 is 0 Å². The van der Waals surface area contributed by atoms with Gasteiger partial charge < -0.3 is 14.8 Å². The largest absolute Gasteiger partial charge is 0.497 e. The van der Waals surface area contributed by atoms with Gasteiger partial charge in [0.15, 0.2) is 0 Å². The molecule has 2 aromatic rings. The summed E-state index contributed by atoms with van der Waals surface area (Å²) in [5.41, 5.74) is 3.13. The van der Waals surface area contributed by atoms with Crippen LogP contribution in [0.25, 0.3) is 11.3 Å². The third-order valence-corrected chi connectivity index (χ3v) is 6.32. The van der Waals surface area contributed by atoms with E-state index in [2.05, 4.69) is 21.3 Å². The molecule has 1 aromatic heterocycles. The fraction of sp³-hybridized carbons (Fsp3) is 0.542. The molecule has 7 heteroatoms. The van der Waals surface area contributed by atoms with Crippen molar-refractivity contribution in [3.8, 4) is 17.0 Å². The normalized spacial score (nSPS) is 24.8. The summed E-state index contributed by atoms with van der Waals surface area (Å²) in [5, 5.41) is 2.79. The number of carbonyl (C=O) groups is 1. The van der Waals surface area contributed by atoms with Crippen molar-refractivity contribution in [1.82, 2.24) is 20.2 Å². The van der Waals surface area contributed by atoms with Crippen LogP contribution in [0.5, 0.6) is 5.75 Å². The van der Waals surface area contributed by atoms with E-state index in [1.54, 1.807) is 7.11 Å². The number of fused-ring (bicyclic) bond motifs is 3. The van der Waals surface area contributed by atoms with Crippen molar-refractivity contribution in [2.24, 2.45) is 5.92 Å². The van der Waals surface area contributed by atoms with Crippen molar-refractivity contribution in [2.75, 3.05) is 26.8 Å². The average molecular weight is 425 g/mol. The molecule has 0 spiro atoms. The molecule has 2 bridgehead atoms. The second-order valence-electron chi connectivity index (χ2n) is 8.89. The number of alkyl carbamates (subject to hydrolysis) is 1. The lowest BCUT2D eigenvalue weighted by Gasteiger charge is -2.49. The van der Waals surface area contributed by atoms with Crippen LogP contribution in [0, 0.1) is 12.8 Å². The molecule has 0 aliphatic carbocycles. The van der Waals surface area contributed by atoms with Gasteiger partial charge in [0, 0.05) is 35.8 Å². The number of hydrogen-bond donors (Lipinski definition) is 1. The molecule has 4 atom stereocenters. The highest BCUT2D eigenvalue weighted by atomic mass is 16.5. The van der Waals surface area contributed by atoms with E-state index in [1.165, 1.54) is 0 Å². The van der Waals surface area contributed by atoms with Crippen molar-refractivity contribution in [2.45, 2.75) is 51.6 Å². The zero-order valence-electron chi connectivity index (χ0n) is 18.8. The zero-order valence-corrected chi connectivity index (χ0v) is 18.8. The fourth-order valence-electron chi connectivity index (χ4n) is 4.79. The number of rotatable bonds is 6. The molecule has 3 aliphatic heterocycles. The van der Waals surface area contributed by atoms with E-state index in [0.29, 0.717) is 18.4 Å². The van der Waals surface area contributed by atoms with Gasteiger partial charge >= 0.3 is 6.09 Å². The molecule has 166 valence electrons. The third-order valence-electron chi connectivity index (χ3n) is 6.32. The Morgan fingerprint density at radius 1 is 1.26 bits per heavy atom. The van der Waals surface area contributed by atoms with Crippen molar-refractivity contribution >= 4 is 6.09 Å². The molecule has 3 fully saturated rings. The molecule has 7 nitrogen and oxygen atoms in total. The number of piperidine rings is 3. The van der Waals surface area contributed by atoms with E-state index in [0.717, 1.165) is 54.5 Å². The number of carbonyl (C=O) groups excluding carboxylic acids is 1. The molecule has 1 aromatic carbocycles. The standard InChI is InChI=1S/C24H32N4O3/c1-15(2)25-24(29)31-14-19-11-18-9-10-28(19)13-21(18)23-12-22(26-16(3)27-23)17-5-7-20(30-4)8-6-17/h5-8,12,15,18-19,21H,9-11,13-14H2,1-4H3,(H,25,29)/t18-,19+,21+/m0/s1. The first-order chi connectivity index (χ1) is 14.9. The Morgan fingerprint density at radius 2 is 2.03 bits per heavy atom. The zero-order chi connectivity index (χ0) is 22.0. The Morgan fingerprint density at radius 3 is 2.68 bits per heavy atom. The van der Waals surface area contributed by atoms with Crippen LogP contribution >= 0.6 is 0 Å². The Balaban J connectivity index is 1.46. The van der Waals surface area contributed by atoms with Crippen LogP contribution in [0.2, 0.25) is 0 Å². The lowest BCUT2D eigenvalue weighted by atomic mass is 9.74. The summed E-state index contributed by atoms with van der Waals surface area (Å²) in [6.45, 7) is 8.27. The first kappa shape index (κ1) is 21.6. The van der Waals surface area contributed by atoms with Gasteiger partial charge in [-0.3, -0.25) is 4.90 Å². The number of hydrogen-bond acceptors (Lipinski definition) is 6. The quantitative estimate of drug-likeness (QED) is 0.761. The van der Waals surface area contributed by atoms with E-state index >= 15 is 0 Å². The van der Waals surface area contributed by atoms with Crippen LogP contribution in [0.1, 0.15) is 44.1 Å². The highest BCUT2D eigenvalue weighted by Gasteiger charge is 2.41. The second kappa shape index (κ2) is 9.22. The topological polar surface area (TPSA) is 76.6 Å². The second-order valence-corrected chi connectivity index (χ2v) is 8.89. The minimum absolute atomic E-state index is 0.0842. The summed E-state index contributed by atoms with van der Waals surface area (Å²) in [4.78, 5) is 23.8. The van der Waals surface area contributed by atoms with Gasteiger partial charge in [0.1, 0.15) is 18.2 Å². The maximum atomic E-state index is 11.9. The SMILES string of the molecule is COc1ccc(-c2cc([C@@H]3CN4CC[C@H]3C[C@@H]4COC(=O)NC(C)C)nc(C)n2)cc1. The first-order valence-corrected chi connectivity index (χ1v) is 11.1. The van der Waals surface area contributed by atoms with Gasteiger partial charge in [-0.2, -0.15) is 0 Å². The van der Waals surface area contributed by atoms with Crippen molar-refractivity contribution < 1.29 is 14.3 Å². The predicted molar refractivity (Wildman–Crippen MR) is 119 cm³/mol. The molecule has 1 N–H and O–H groups in total. The summed E-state index contributed by atoms with van der Waals surface area (Å²) in [6.07, 6.45) is 1.85. The van der Waals surface area contributed by atoms with Crippen LogP contribution in [-0.4, -0.2) is 59.9 Å². The Kier molecular flexibility index (Phi) is 6.41. The smallest absolute Gasteiger partial charge is 0.407 e. The predicted octanol–water partition coefficient (Wildman–Crippen LogP) is 3.77. The number of benzene rings is 1. The molecule has 3 aliphatic rings. The Labute approximate surface area is 184 Å². The summed E-state index contributed by atoms with van der Waals surface area (Å²) in [6, 6.07) is 10.5. The lowest BCUT2D eigenvalue weighted by molar-refractivity contribution is -0.00373. The Hall–Kier alpha value is -2.67. The third kappa shape index (κ3) is 4.98. The van der Waals surface area contributed by atoms with E-state index in [4.69, 9.17) is 14.5 Å². The number of amides is 1. The number of methoxy groups -OCH3 is 1. The number of ether oxygens (including phenoxy) is 2. The summed E-state index contributed by atoms with van der Waals surface area (Å²) in [5.74, 6) is 2.56. The summed E-state index contributed by atoms with van der Waals surface area (Å²) >= 11 is 0. The van der Waals surface area contributed by atoms with Gasteiger partial charge in [0.05, 0.1) is 12.8 Å². The highest BCUT2D eigenvalue weighted by molar-refractivity contribution is 5.67. The van der Waals surface area contributed by atoms with Gasteiger partial charge in [-0.1, -0.05) is 0 Å². The van der Waals surface area contributed by atoms with Crippen LogP contribution in [0.3, 0.4) is 0 Å². The maximum absolute atomic E-state index is 11.9. The number of nitrogens with one attached hydrogen (secondary N) is 1. The van der Waals surface area contributed by atoms with E-state index in [9.17, 15) is 4.79 Å². The van der Waals surface area contributed by atoms with Gasteiger partial charge in [-0.15, -0.1) is 0 Å².